The van der Waals surface area contributed by atoms with Gasteiger partial charge in [-0.3, -0.25) is 0 Å². The lowest BCUT2D eigenvalue weighted by molar-refractivity contribution is 0.414. The van der Waals surface area contributed by atoms with Gasteiger partial charge >= 0.3 is 0 Å². The third-order valence-corrected chi connectivity index (χ3v) is 4.49. The number of benzene rings is 1. The fraction of sp³-hybridized carbons (Fsp3) is 0.667. The minimum absolute atomic E-state index is 0.588. The Morgan fingerprint density at radius 1 is 1.05 bits per heavy atom. The van der Waals surface area contributed by atoms with E-state index in [1.54, 1.807) is 7.11 Å². The summed E-state index contributed by atoms with van der Waals surface area (Å²) in [4.78, 5) is 0.588. The Morgan fingerprint density at radius 3 is 2.45 bits per heavy atom. The van der Waals surface area contributed by atoms with Crippen molar-refractivity contribution in [3.8, 4) is 5.75 Å². The van der Waals surface area contributed by atoms with Gasteiger partial charge in [0.15, 0.2) is 0 Å². The van der Waals surface area contributed by atoms with Crippen LogP contribution in [0.25, 0.3) is 0 Å². The van der Waals surface area contributed by atoms with E-state index in [9.17, 15) is 0 Å². The molecule has 1 unspecified atom stereocenters. The van der Waals surface area contributed by atoms with Crippen molar-refractivity contribution in [2.45, 2.75) is 69.5 Å². The SMILES string of the molecule is CCCCCCCCCC(Br)Cc1cccc(OC)c1. The summed E-state index contributed by atoms with van der Waals surface area (Å²) >= 11 is 3.81. The predicted octanol–water partition coefficient (Wildman–Crippen LogP) is 6.14. The number of halogens is 1. The van der Waals surface area contributed by atoms with Crippen LogP contribution in [0, 0.1) is 0 Å². The zero-order valence-corrected chi connectivity index (χ0v) is 14.6. The van der Waals surface area contributed by atoms with Crippen molar-refractivity contribution in [1.29, 1.82) is 0 Å². The van der Waals surface area contributed by atoms with Crippen LogP contribution in [0.15, 0.2) is 24.3 Å². The molecule has 0 radical (unpaired) electrons. The van der Waals surface area contributed by atoms with Gasteiger partial charge in [0.2, 0.25) is 0 Å². The van der Waals surface area contributed by atoms with Gasteiger partial charge in [-0.1, -0.05) is 79.9 Å². The van der Waals surface area contributed by atoms with Crippen LogP contribution in [0.2, 0.25) is 0 Å². The van der Waals surface area contributed by atoms with E-state index in [1.807, 2.05) is 6.07 Å². The van der Waals surface area contributed by atoms with Gasteiger partial charge in [-0.15, -0.1) is 0 Å². The van der Waals surface area contributed by atoms with Crippen molar-refractivity contribution in [2.24, 2.45) is 0 Å². The van der Waals surface area contributed by atoms with Crippen molar-refractivity contribution in [3.63, 3.8) is 0 Å². The molecule has 0 spiro atoms. The Kier molecular flexibility index (Phi) is 9.82. The highest BCUT2D eigenvalue weighted by atomic mass is 79.9. The number of hydrogen-bond acceptors (Lipinski definition) is 1. The van der Waals surface area contributed by atoms with Gasteiger partial charge in [0.1, 0.15) is 5.75 Å². The topological polar surface area (TPSA) is 9.23 Å². The summed E-state index contributed by atoms with van der Waals surface area (Å²) in [6.45, 7) is 2.27. The molecular formula is C18H29BrO. The van der Waals surface area contributed by atoms with Gasteiger partial charge in [0.25, 0.3) is 0 Å². The molecule has 0 N–H and O–H groups in total. The summed E-state index contributed by atoms with van der Waals surface area (Å²) in [7, 11) is 1.73. The molecule has 0 bridgehead atoms. The Morgan fingerprint density at radius 2 is 1.75 bits per heavy atom. The quantitative estimate of drug-likeness (QED) is 0.347. The third kappa shape index (κ3) is 7.94. The van der Waals surface area contributed by atoms with Gasteiger partial charge in [0, 0.05) is 4.83 Å². The molecule has 1 aromatic rings. The molecular weight excluding hydrogens is 312 g/mol. The van der Waals surface area contributed by atoms with Gasteiger partial charge in [-0.05, 0) is 30.5 Å². The summed E-state index contributed by atoms with van der Waals surface area (Å²) < 4.78 is 5.27. The summed E-state index contributed by atoms with van der Waals surface area (Å²) in [5, 5.41) is 0. The van der Waals surface area contributed by atoms with Gasteiger partial charge < -0.3 is 4.74 Å². The van der Waals surface area contributed by atoms with E-state index >= 15 is 0 Å². The van der Waals surface area contributed by atoms with E-state index in [1.165, 1.54) is 56.9 Å². The van der Waals surface area contributed by atoms with Crippen molar-refractivity contribution in [2.75, 3.05) is 7.11 Å². The monoisotopic (exact) mass is 340 g/mol. The molecule has 0 amide bonds. The van der Waals surface area contributed by atoms with Crippen molar-refractivity contribution in [3.05, 3.63) is 29.8 Å². The third-order valence-electron chi connectivity index (χ3n) is 3.71. The van der Waals surface area contributed by atoms with E-state index in [2.05, 4.69) is 41.1 Å². The lowest BCUT2D eigenvalue weighted by atomic mass is 10.0. The lowest BCUT2D eigenvalue weighted by Gasteiger charge is -2.10. The van der Waals surface area contributed by atoms with Gasteiger partial charge in [-0.2, -0.15) is 0 Å². The Labute approximate surface area is 133 Å². The van der Waals surface area contributed by atoms with Crippen LogP contribution in [0.5, 0.6) is 5.75 Å². The van der Waals surface area contributed by atoms with Crippen LogP contribution in [-0.4, -0.2) is 11.9 Å². The van der Waals surface area contributed by atoms with Crippen molar-refractivity contribution < 1.29 is 4.74 Å². The maximum absolute atomic E-state index is 5.27. The fourth-order valence-electron chi connectivity index (χ4n) is 2.48. The van der Waals surface area contributed by atoms with Crippen LogP contribution in [0.4, 0.5) is 0 Å². The van der Waals surface area contributed by atoms with Crippen LogP contribution in [0.1, 0.15) is 63.9 Å². The standard InChI is InChI=1S/C18H29BrO/c1-3-4-5-6-7-8-9-12-17(19)14-16-11-10-13-18(15-16)20-2/h10-11,13,15,17H,3-9,12,14H2,1-2H3. The normalized spacial score (nSPS) is 12.3. The Hall–Kier alpha value is -0.500. The first-order valence-corrected chi connectivity index (χ1v) is 8.94. The second-order valence-electron chi connectivity index (χ2n) is 5.56. The molecule has 0 aromatic heterocycles. The first-order chi connectivity index (χ1) is 9.76. The zero-order valence-electron chi connectivity index (χ0n) is 13.0. The summed E-state index contributed by atoms with van der Waals surface area (Å²) in [5.74, 6) is 0.957. The molecule has 2 heteroatoms. The highest BCUT2D eigenvalue weighted by Gasteiger charge is 2.06. The predicted molar refractivity (Wildman–Crippen MR) is 92.0 cm³/mol. The van der Waals surface area contributed by atoms with E-state index in [-0.39, 0.29) is 0 Å². The summed E-state index contributed by atoms with van der Waals surface area (Å²) in [5.41, 5.74) is 1.36. The minimum Gasteiger partial charge on any atom is -0.497 e. The highest BCUT2D eigenvalue weighted by molar-refractivity contribution is 9.09. The number of unbranched alkanes of at least 4 members (excludes halogenated alkanes) is 6. The molecule has 0 saturated carbocycles. The molecule has 0 aliphatic heterocycles. The minimum atomic E-state index is 0.588. The number of ether oxygens (including phenoxy) is 1. The highest BCUT2D eigenvalue weighted by Crippen LogP contribution is 2.20. The molecule has 114 valence electrons. The number of hydrogen-bond donors (Lipinski definition) is 0. The number of methoxy groups -OCH3 is 1. The zero-order chi connectivity index (χ0) is 14.6. The molecule has 1 nitrogen and oxygen atoms in total. The lowest BCUT2D eigenvalue weighted by Crippen LogP contribution is -2.02. The van der Waals surface area contributed by atoms with Crippen molar-refractivity contribution >= 4 is 15.9 Å². The Balaban J connectivity index is 2.12. The molecule has 0 aliphatic rings. The largest absolute Gasteiger partial charge is 0.497 e. The molecule has 1 rings (SSSR count). The van der Waals surface area contributed by atoms with Crippen LogP contribution in [-0.2, 0) is 6.42 Å². The van der Waals surface area contributed by atoms with Crippen LogP contribution in [0.3, 0.4) is 0 Å². The van der Waals surface area contributed by atoms with E-state index in [0.717, 1.165) is 12.2 Å². The van der Waals surface area contributed by atoms with Crippen molar-refractivity contribution in [1.82, 2.24) is 0 Å². The maximum Gasteiger partial charge on any atom is 0.119 e. The molecule has 20 heavy (non-hydrogen) atoms. The Bertz CT molecular complexity index is 351. The summed E-state index contributed by atoms with van der Waals surface area (Å²) in [6.07, 6.45) is 12.0. The second-order valence-corrected chi connectivity index (χ2v) is 6.86. The smallest absolute Gasteiger partial charge is 0.119 e. The van der Waals surface area contributed by atoms with E-state index < -0.39 is 0 Å². The molecule has 0 aliphatic carbocycles. The molecule has 0 fully saturated rings. The van der Waals surface area contributed by atoms with Crippen LogP contribution >= 0.6 is 15.9 Å². The number of alkyl halides is 1. The average molecular weight is 341 g/mol. The fourth-order valence-corrected chi connectivity index (χ4v) is 3.18. The van der Waals surface area contributed by atoms with E-state index in [4.69, 9.17) is 4.74 Å². The number of rotatable bonds is 11. The second kappa shape index (κ2) is 11.2. The van der Waals surface area contributed by atoms with Gasteiger partial charge in [-0.25, -0.2) is 0 Å². The molecule has 0 saturated heterocycles. The first kappa shape index (κ1) is 17.6. The molecule has 0 heterocycles. The average Bonchev–Trinajstić information content (AvgIpc) is 2.46. The maximum atomic E-state index is 5.27. The van der Waals surface area contributed by atoms with Gasteiger partial charge in [0.05, 0.1) is 7.11 Å². The summed E-state index contributed by atoms with van der Waals surface area (Å²) in [6, 6.07) is 8.39. The molecule has 1 atom stereocenters. The first-order valence-electron chi connectivity index (χ1n) is 8.03. The van der Waals surface area contributed by atoms with E-state index in [0.29, 0.717) is 4.83 Å². The molecule has 1 aromatic carbocycles. The van der Waals surface area contributed by atoms with Crippen LogP contribution < -0.4 is 4.74 Å².